The Morgan fingerprint density at radius 2 is 2.00 bits per heavy atom. The first-order valence-corrected chi connectivity index (χ1v) is 9.38. The first-order chi connectivity index (χ1) is 13.2. The molecule has 2 rings (SSSR count). The Hall–Kier alpha value is -2.38. The van der Waals surface area contributed by atoms with Crippen LogP contribution >= 0.6 is 0 Å². The number of nitrogens with zero attached hydrogens (tertiary/aromatic N) is 4. The van der Waals surface area contributed by atoms with Crippen molar-refractivity contribution in [1.82, 2.24) is 25.3 Å². The van der Waals surface area contributed by atoms with Crippen molar-refractivity contribution in [2.75, 3.05) is 47.4 Å². The number of hydrogen-bond acceptors (Lipinski definition) is 4. The van der Waals surface area contributed by atoms with Crippen LogP contribution in [0.4, 0.5) is 0 Å². The van der Waals surface area contributed by atoms with E-state index in [2.05, 4.69) is 51.0 Å². The molecule has 148 valence electrons. The minimum absolute atomic E-state index is 0.693. The largest absolute Gasteiger partial charge is 0.385 e. The molecule has 0 atom stereocenters. The van der Waals surface area contributed by atoms with Crippen LogP contribution in [0.5, 0.6) is 0 Å². The van der Waals surface area contributed by atoms with E-state index in [0.717, 1.165) is 50.7 Å². The van der Waals surface area contributed by atoms with Gasteiger partial charge in [-0.25, -0.2) is 0 Å². The molecule has 1 aromatic carbocycles. The summed E-state index contributed by atoms with van der Waals surface area (Å²) < 4.78 is 7.04. The number of guanidine groups is 1. The summed E-state index contributed by atoms with van der Waals surface area (Å²) in [4.78, 5) is 6.56. The van der Waals surface area contributed by atoms with Gasteiger partial charge in [-0.15, -0.1) is 0 Å². The lowest BCUT2D eigenvalue weighted by atomic mass is 10.2. The first kappa shape index (κ1) is 20.9. The molecule has 27 heavy (non-hydrogen) atoms. The summed E-state index contributed by atoms with van der Waals surface area (Å²) in [6.45, 7) is 5.11. The van der Waals surface area contributed by atoms with E-state index in [1.807, 2.05) is 29.1 Å². The molecule has 1 heterocycles. The van der Waals surface area contributed by atoms with Gasteiger partial charge in [-0.3, -0.25) is 9.67 Å². The maximum atomic E-state index is 5.08. The van der Waals surface area contributed by atoms with Gasteiger partial charge in [0.1, 0.15) is 0 Å². The number of aliphatic imine (C=N–C) groups is 1. The average molecular weight is 373 g/mol. The van der Waals surface area contributed by atoms with Gasteiger partial charge in [0.2, 0.25) is 0 Å². The number of likely N-dealkylation sites (N-methyl/N-ethyl adjacent to an activating group) is 1. The SMILES string of the molecule is CN=C(NCCN(C)CCCOC)NCc1cnn(Cc2ccccc2)c1. The number of ether oxygens (including phenoxy) is 1. The van der Waals surface area contributed by atoms with Gasteiger partial charge in [-0.05, 0) is 19.0 Å². The summed E-state index contributed by atoms with van der Waals surface area (Å²) >= 11 is 0. The number of nitrogens with one attached hydrogen (secondary N) is 2. The zero-order valence-corrected chi connectivity index (χ0v) is 16.7. The molecule has 7 heteroatoms. The van der Waals surface area contributed by atoms with Crippen LogP contribution in [-0.4, -0.2) is 68.1 Å². The molecule has 0 radical (unpaired) electrons. The molecule has 2 N–H and O–H groups in total. The van der Waals surface area contributed by atoms with Crippen molar-refractivity contribution in [2.45, 2.75) is 19.5 Å². The van der Waals surface area contributed by atoms with E-state index in [0.29, 0.717) is 6.54 Å². The van der Waals surface area contributed by atoms with Crippen LogP contribution in [0.3, 0.4) is 0 Å². The summed E-state index contributed by atoms with van der Waals surface area (Å²) in [7, 11) is 5.65. The van der Waals surface area contributed by atoms with Crippen molar-refractivity contribution in [1.29, 1.82) is 0 Å². The molecule has 0 aliphatic rings. The number of aromatic nitrogens is 2. The van der Waals surface area contributed by atoms with Gasteiger partial charge in [0.05, 0.1) is 12.7 Å². The highest BCUT2D eigenvalue weighted by atomic mass is 16.5. The van der Waals surface area contributed by atoms with Crippen LogP contribution in [0, 0.1) is 0 Å². The normalized spacial score (nSPS) is 11.8. The Labute approximate surface area is 162 Å². The fraction of sp³-hybridized carbons (Fsp3) is 0.500. The van der Waals surface area contributed by atoms with Crippen LogP contribution in [0.2, 0.25) is 0 Å². The van der Waals surface area contributed by atoms with Crippen molar-refractivity contribution in [3.63, 3.8) is 0 Å². The second kappa shape index (κ2) is 12.1. The van der Waals surface area contributed by atoms with E-state index >= 15 is 0 Å². The summed E-state index contributed by atoms with van der Waals surface area (Å²) in [5, 5.41) is 11.1. The Kier molecular flexibility index (Phi) is 9.37. The standard InChI is InChI=1S/C20H32N6O/c1-21-20(22-10-12-25(2)11-7-13-27-3)23-14-19-15-24-26(17-19)16-18-8-5-4-6-9-18/h4-6,8-9,15,17H,7,10-14,16H2,1-3H3,(H2,21,22,23). The van der Waals surface area contributed by atoms with Gasteiger partial charge < -0.3 is 20.3 Å². The monoisotopic (exact) mass is 372 g/mol. The van der Waals surface area contributed by atoms with Gasteiger partial charge >= 0.3 is 0 Å². The molecule has 1 aromatic heterocycles. The van der Waals surface area contributed by atoms with Crippen molar-refractivity contribution < 1.29 is 4.74 Å². The predicted molar refractivity (Wildman–Crippen MR) is 110 cm³/mol. The lowest BCUT2D eigenvalue weighted by molar-refractivity contribution is 0.180. The molecule has 0 unspecified atom stereocenters. The van der Waals surface area contributed by atoms with Crippen molar-refractivity contribution >= 4 is 5.96 Å². The molecular weight excluding hydrogens is 340 g/mol. The second-order valence-corrected chi connectivity index (χ2v) is 6.53. The van der Waals surface area contributed by atoms with E-state index in [1.54, 1.807) is 14.2 Å². The van der Waals surface area contributed by atoms with E-state index in [4.69, 9.17) is 4.74 Å². The predicted octanol–water partition coefficient (Wildman–Crippen LogP) is 1.56. The van der Waals surface area contributed by atoms with Crippen molar-refractivity contribution in [3.05, 3.63) is 53.9 Å². The van der Waals surface area contributed by atoms with Crippen molar-refractivity contribution in [2.24, 2.45) is 4.99 Å². The first-order valence-electron chi connectivity index (χ1n) is 9.38. The highest BCUT2D eigenvalue weighted by molar-refractivity contribution is 5.79. The highest BCUT2D eigenvalue weighted by Crippen LogP contribution is 2.03. The fourth-order valence-corrected chi connectivity index (χ4v) is 2.72. The molecule has 7 nitrogen and oxygen atoms in total. The molecule has 0 bridgehead atoms. The molecule has 0 spiro atoms. The molecule has 0 amide bonds. The second-order valence-electron chi connectivity index (χ2n) is 6.53. The number of rotatable bonds is 11. The molecule has 0 saturated heterocycles. The quantitative estimate of drug-likeness (QED) is 0.356. The van der Waals surface area contributed by atoms with Crippen LogP contribution < -0.4 is 10.6 Å². The Morgan fingerprint density at radius 3 is 2.74 bits per heavy atom. The number of hydrogen-bond donors (Lipinski definition) is 2. The van der Waals surface area contributed by atoms with Crippen LogP contribution in [0.1, 0.15) is 17.5 Å². The maximum absolute atomic E-state index is 5.08. The molecular formula is C20H32N6O. The maximum Gasteiger partial charge on any atom is 0.191 e. The Morgan fingerprint density at radius 1 is 1.19 bits per heavy atom. The van der Waals surface area contributed by atoms with Crippen LogP contribution in [0.15, 0.2) is 47.7 Å². The van der Waals surface area contributed by atoms with Gasteiger partial charge in [-0.1, -0.05) is 30.3 Å². The molecule has 0 fully saturated rings. The minimum atomic E-state index is 0.693. The lowest BCUT2D eigenvalue weighted by Crippen LogP contribution is -2.40. The molecule has 0 saturated carbocycles. The van der Waals surface area contributed by atoms with E-state index in [9.17, 15) is 0 Å². The zero-order valence-electron chi connectivity index (χ0n) is 16.7. The lowest BCUT2D eigenvalue weighted by Gasteiger charge is -2.18. The van der Waals surface area contributed by atoms with E-state index in [1.165, 1.54) is 5.56 Å². The summed E-state index contributed by atoms with van der Waals surface area (Å²) in [6.07, 6.45) is 5.01. The number of benzene rings is 1. The average Bonchev–Trinajstić information content (AvgIpc) is 3.13. The Balaban J connectivity index is 1.68. The van der Waals surface area contributed by atoms with Crippen LogP contribution in [0.25, 0.3) is 0 Å². The van der Waals surface area contributed by atoms with E-state index in [-0.39, 0.29) is 0 Å². The van der Waals surface area contributed by atoms with Gasteiger partial charge in [0, 0.05) is 58.7 Å². The minimum Gasteiger partial charge on any atom is -0.385 e. The van der Waals surface area contributed by atoms with Gasteiger partial charge in [0.15, 0.2) is 5.96 Å². The molecule has 2 aromatic rings. The molecule has 0 aliphatic carbocycles. The third-order valence-electron chi connectivity index (χ3n) is 4.23. The summed E-state index contributed by atoms with van der Waals surface area (Å²) in [6, 6.07) is 10.3. The van der Waals surface area contributed by atoms with Gasteiger partial charge in [-0.2, -0.15) is 5.10 Å². The highest BCUT2D eigenvalue weighted by Gasteiger charge is 2.03. The summed E-state index contributed by atoms with van der Waals surface area (Å²) in [5.41, 5.74) is 2.37. The third-order valence-corrected chi connectivity index (χ3v) is 4.23. The van der Waals surface area contributed by atoms with E-state index < -0.39 is 0 Å². The summed E-state index contributed by atoms with van der Waals surface area (Å²) in [5.74, 6) is 0.802. The third kappa shape index (κ3) is 8.23. The Bertz CT molecular complexity index is 670. The van der Waals surface area contributed by atoms with Crippen molar-refractivity contribution in [3.8, 4) is 0 Å². The number of methoxy groups -OCH3 is 1. The van der Waals surface area contributed by atoms with Gasteiger partial charge in [0.25, 0.3) is 0 Å². The fourth-order valence-electron chi connectivity index (χ4n) is 2.72. The zero-order chi connectivity index (χ0) is 19.3. The molecule has 0 aliphatic heterocycles. The van der Waals surface area contributed by atoms with Crippen LogP contribution in [-0.2, 0) is 17.8 Å². The smallest absolute Gasteiger partial charge is 0.191 e. The topological polar surface area (TPSA) is 66.7 Å².